The molecule has 2 nitrogen and oxygen atoms in total. The fourth-order valence-electron chi connectivity index (χ4n) is 2.04. The van der Waals surface area contributed by atoms with Crippen molar-refractivity contribution in [3.8, 4) is 0 Å². The van der Waals surface area contributed by atoms with Crippen LogP contribution < -0.4 is 0 Å². The number of esters is 1. The molecule has 0 N–H and O–H groups in total. The Labute approximate surface area is 129 Å². The predicted octanol–water partition coefficient (Wildman–Crippen LogP) is 4.86. The third-order valence-electron chi connectivity index (χ3n) is 3.05. The topological polar surface area (TPSA) is 26.3 Å². The fourth-order valence-corrected chi connectivity index (χ4v) is 2.04. The highest BCUT2D eigenvalue weighted by molar-refractivity contribution is 5.70. The van der Waals surface area contributed by atoms with E-state index < -0.39 is 5.60 Å². The number of benzene rings is 1. The summed E-state index contributed by atoms with van der Waals surface area (Å²) in [5.41, 5.74) is 3.50. The molecule has 0 spiro atoms. The highest BCUT2D eigenvalue weighted by Gasteiger charge is 2.15. The van der Waals surface area contributed by atoms with Crippen LogP contribution in [0.2, 0.25) is 0 Å². The number of allylic oxidation sites excluding steroid dienone is 2. The van der Waals surface area contributed by atoms with Gasteiger partial charge in [-0.15, -0.1) is 0 Å². The Morgan fingerprint density at radius 3 is 2.05 bits per heavy atom. The zero-order valence-electron chi connectivity index (χ0n) is 14.0. The van der Waals surface area contributed by atoms with Crippen molar-refractivity contribution in [2.24, 2.45) is 0 Å². The Kier molecular flexibility index (Phi) is 6.67. The van der Waals surface area contributed by atoms with Crippen molar-refractivity contribution in [3.63, 3.8) is 0 Å². The van der Waals surface area contributed by atoms with Crippen molar-refractivity contribution in [3.05, 3.63) is 47.0 Å². The molecule has 0 unspecified atom stereocenters. The summed E-state index contributed by atoms with van der Waals surface area (Å²) in [7, 11) is 0. The quantitative estimate of drug-likeness (QED) is 0.552. The Morgan fingerprint density at radius 1 is 1.05 bits per heavy atom. The lowest BCUT2D eigenvalue weighted by molar-refractivity contribution is -0.154. The third kappa shape index (κ3) is 8.34. The number of carbonyl (C=O) groups is 1. The van der Waals surface area contributed by atoms with Crippen molar-refractivity contribution < 1.29 is 9.53 Å². The van der Waals surface area contributed by atoms with E-state index in [1.54, 1.807) is 0 Å². The van der Waals surface area contributed by atoms with Crippen LogP contribution in [0.3, 0.4) is 0 Å². The highest BCUT2D eigenvalue weighted by Crippen LogP contribution is 2.12. The largest absolute Gasteiger partial charge is 0.460 e. The van der Waals surface area contributed by atoms with Crippen molar-refractivity contribution in [2.75, 3.05) is 0 Å². The van der Waals surface area contributed by atoms with Gasteiger partial charge in [0.1, 0.15) is 5.60 Å². The molecule has 0 heterocycles. The second-order valence-corrected chi connectivity index (χ2v) is 6.72. The van der Waals surface area contributed by atoms with Crippen LogP contribution in [0, 0.1) is 0 Å². The highest BCUT2D eigenvalue weighted by atomic mass is 16.6. The van der Waals surface area contributed by atoms with E-state index in [9.17, 15) is 4.79 Å². The minimum Gasteiger partial charge on any atom is -0.460 e. The van der Waals surface area contributed by atoms with Gasteiger partial charge in [0.25, 0.3) is 0 Å². The van der Waals surface area contributed by atoms with Crippen LogP contribution in [-0.4, -0.2) is 11.6 Å². The molecule has 1 aromatic rings. The van der Waals surface area contributed by atoms with E-state index in [1.807, 2.05) is 20.8 Å². The van der Waals surface area contributed by atoms with Crippen molar-refractivity contribution in [1.82, 2.24) is 0 Å². The van der Waals surface area contributed by atoms with Gasteiger partial charge in [-0.05, 0) is 65.0 Å². The van der Waals surface area contributed by atoms with E-state index in [0.29, 0.717) is 6.42 Å². The minimum atomic E-state index is -0.397. The summed E-state index contributed by atoms with van der Waals surface area (Å²) < 4.78 is 5.31. The minimum absolute atomic E-state index is 0.130. The second-order valence-electron chi connectivity index (χ2n) is 6.72. The van der Waals surface area contributed by atoms with E-state index in [-0.39, 0.29) is 5.97 Å². The molecule has 1 rings (SSSR count). The molecule has 0 saturated carbocycles. The zero-order chi connectivity index (χ0) is 15.9. The van der Waals surface area contributed by atoms with E-state index >= 15 is 0 Å². The molecule has 0 radical (unpaired) electrons. The lowest BCUT2D eigenvalue weighted by atomic mass is 10.0. The first kappa shape index (κ1) is 17.5. The van der Waals surface area contributed by atoms with Gasteiger partial charge in [-0.3, -0.25) is 4.79 Å². The van der Waals surface area contributed by atoms with Gasteiger partial charge < -0.3 is 4.74 Å². The van der Waals surface area contributed by atoms with Crippen LogP contribution in [0.1, 0.15) is 58.6 Å². The summed E-state index contributed by atoms with van der Waals surface area (Å²) in [5, 5.41) is 0. The van der Waals surface area contributed by atoms with Crippen LogP contribution in [0.4, 0.5) is 0 Å². The van der Waals surface area contributed by atoms with E-state index in [4.69, 9.17) is 4.74 Å². The number of hydrogen-bond donors (Lipinski definition) is 0. The molecule has 0 aliphatic heterocycles. The maximum absolute atomic E-state index is 11.7. The Bertz CT molecular complexity index is 471. The number of rotatable bonds is 6. The summed E-state index contributed by atoms with van der Waals surface area (Å²) in [5.74, 6) is -0.130. The summed E-state index contributed by atoms with van der Waals surface area (Å²) in [6.07, 6.45) is 5.59. The molecular weight excluding hydrogens is 260 g/mol. The monoisotopic (exact) mass is 288 g/mol. The van der Waals surface area contributed by atoms with Crippen molar-refractivity contribution >= 4 is 5.97 Å². The molecule has 0 aliphatic rings. The number of aryl methyl sites for hydroxylation is 2. The smallest absolute Gasteiger partial charge is 0.306 e. The van der Waals surface area contributed by atoms with Gasteiger partial charge in [-0.1, -0.05) is 35.9 Å². The number of hydrogen-bond acceptors (Lipinski definition) is 2. The first-order valence-electron chi connectivity index (χ1n) is 7.69. The molecule has 116 valence electrons. The van der Waals surface area contributed by atoms with Crippen molar-refractivity contribution in [2.45, 2.75) is 65.9 Å². The zero-order valence-corrected chi connectivity index (χ0v) is 14.0. The first-order valence-corrected chi connectivity index (χ1v) is 7.69. The average Bonchev–Trinajstić information content (AvgIpc) is 2.35. The fraction of sp³-hybridized carbons (Fsp3) is 0.526. The number of carbonyl (C=O) groups excluding carboxylic acids is 1. The van der Waals surface area contributed by atoms with Gasteiger partial charge in [0.15, 0.2) is 0 Å². The molecule has 0 aliphatic carbocycles. The standard InChI is InChI=1S/C19H28O2/c1-15(2)7-6-8-16-9-11-17(12-10-16)13-14-18(20)21-19(3,4)5/h7,9-12H,6,8,13-14H2,1-5H3. The van der Waals surface area contributed by atoms with E-state index in [1.165, 1.54) is 16.7 Å². The normalized spacial score (nSPS) is 11.1. The summed E-state index contributed by atoms with van der Waals surface area (Å²) in [4.78, 5) is 11.7. The van der Waals surface area contributed by atoms with Crippen molar-refractivity contribution in [1.29, 1.82) is 0 Å². The lowest BCUT2D eigenvalue weighted by Gasteiger charge is -2.19. The first-order chi connectivity index (χ1) is 9.76. The molecule has 1 aromatic carbocycles. The lowest BCUT2D eigenvalue weighted by Crippen LogP contribution is -2.23. The molecular formula is C19H28O2. The summed E-state index contributed by atoms with van der Waals surface area (Å²) in [6, 6.07) is 8.54. The Hall–Kier alpha value is -1.57. The van der Waals surface area contributed by atoms with E-state index in [0.717, 1.165) is 19.3 Å². The van der Waals surface area contributed by atoms with Crippen LogP contribution >= 0.6 is 0 Å². The third-order valence-corrected chi connectivity index (χ3v) is 3.05. The predicted molar refractivity (Wildman–Crippen MR) is 88.4 cm³/mol. The van der Waals surface area contributed by atoms with Crippen LogP contribution in [0.25, 0.3) is 0 Å². The van der Waals surface area contributed by atoms with Gasteiger partial charge in [0.05, 0.1) is 0 Å². The van der Waals surface area contributed by atoms with Gasteiger partial charge in [0.2, 0.25) is 0 Å². The molecule has 0 amide bonds. The molecule has 0 aromatic heterocycles. The van der Waals surface area contributed by atoms with Crippen LogP contribution in [0.5, 0.6) is 0 Å². The summed E-state index contributed by atoms with van der Waals surface area (Å²) in [6.45, 7) is 9.93. The Balaban J connectivity index is 2.41. The van der Waals surface area contributed by atoms with Gasteiger partial charge in [-0.25, -0.2) is 0 Å². The van der Waals surface area contributed by atoms with Gasteiger partial charge in [-0.2, -0.15) is 0 Å². The summed E-state index contributed by atoms with van der Waals surface area (Å²) >= 11 is 0. The molecule has 0 bridgehead atoms. The average molecular weight is 288 g/mol. The van der Waals surface area contributed by atoms with Gasteiger partial charge in [0, 0.05) is 6.42 Å². The number of ether oxygens (including phenoxy) is 1. The molecule has 0 saturated heterocycles. The van der Waals surface area contributed by atoms with Crippen LogP contribution in [0.15, 0.2) is 35.9 Å². The van der Waals surface area contributed by atoms with Gasteiger partial charge >= 0.3 is 5.97 Å². The molecule has 0 fully saturated rings. The SMILES string of the molecule is CC(C)=CCCc1ccc(CCC(=O)OC(C)(C)C)cc1. The maximum atomic E-state index is 11.7. The second kappa shape index (κ2) is 8.02. The van der Waals surface area contributed by atoms with Crippen LogP contribution in [-0.2, 0) is 22.4 Å². The molecule has 21 heavy (non-hydrogen) atoms. The Morgan fingerprint density at radius 2 is 1.57 bits per heavy atom. The molecule has 0 atom stereocenters. The molecule has 2 heteroatoms. The maximum Gasteiger partial charge on any atom is 0.306 e. The van der Waals surface area contributed by atoms with E-state index in [2.05, 4.69) is 44.2 Å².